The van der Waals surface area contributed by atoms with E-state index in [1.165, 1.54) is 25.9 Å². The van der Waals surface area contributed by atoms with Crippen LogP contribution in [0.2, 0.25) is 0 Å². The third-order valence-corrected chi connectivity index (χ3v) is 10.2. The standard InChI is InChI=1S/C39H54I2N2O8/c1-2-46-22-23-48-26-27-49-25-24-47-20-9-3-6-16-42-36(44)15-10-14-35-37(31-12-4-5-13-34(31)51-35)38(45)30-28-32(40)39(33(41)29-30)50-21-11-19-43-17-7-8-18-43/h4-5,12-13,28-29H,2-3,6-11,14-27H2,1H3,(H,42,44). The topological polar surface area (TPSA) is 109 Å². The van der Waals surface area contributed by atoms with Crippen LogP contribution in [0.25, 0.3) is 11.0 Å². The summed E-state index contributed by atoms with van der Waals surface area (Å²) in [5, 5.41) is 3.82. The molecule has 0 radical (unpaired) electrons. The van der Waals surface area contributed by atoms with E-state index < -0.39 is 0 Å². The van der Waals surface area contributed by atoms with Crippen molar-refractivity contribution in [3.05, 3.63) is 60.4 Å². The minimum absolute atomic E-state index is 0.00869. The van der Waals surface area contributed by atoms with Gasteiger partial charge in [0.2, 0.25) is 5.91 Å². The number of hydrogen-bond donors (Lipinski definition) is 1. The minimum Gasteiger partial charge on any atom is -0.491 e. The molecule has 1 fully saturated rings. The third kappa shape index (κ3) is 14.9. The lowest BCUT2D eigenvalue weighted by Gasteiger charge is -2.16. The molecule has 51 heavy (non-hydrogen) atoms. The first-order valence-electron chi connectivity index (χ1n) is 18.4. The van der Waals surface area contributed by atoms with Gasteiger partial charge >= 0.3 is 0 Å². The highest BCUT2D eigenvalue weighted by Crippen LogP contribution is 2.33. The fourth-order valence-corrected chi connectivity index (χ4v) is 8.08. The van der Waals surface area contributed by atoms with E-state index in [1.807, 2.05) is 43.3 Å². The van der Waals surface area contributed by atoms with Gasteiger partial charge in [-0.3, -0.25) is 9.59 Å². The van der Waals surface area contributed by atoms with Crippen molar-refractivity contribution in [2.75, 3.05) is 85.6 Å². The van der Waals surface area contributed by atoms with Crippen LogP contribution in [-0.2, 0) is 30.2 Å². The first-order valence-corrected chi connectivity index (χ1v) is 20.6. The molecule has 0 spiro atoms. The summed E-state index contributed by atoms with van der Waals surface area (Å²) in [5.41, 5.74) is 1.86. The number of rotatable bonds is 27. The molecule has 4 rings (SSSR count). The number of hydrogen-bond acceptors (Lipinski definition) is 9. The molecule has 282 valence electrons. The Morgan fingerprint density at radius 3 is 2.18 bits per heavy atom. The molecule has 1 aliphatic rings. The molecule has 0 unspecified atom stereocenters. The Morgan fingerprint density at radius 1 is 0.804 bits per heavy atom. The second kappa shape index (κ2) is 24.5. The van der Waals surface area contributed by atoms with E-state index in [-0.39, 0.29) is 11.7 Å². The summed E-state index contributed by atoms with van der Waals surface area (Å²) in [6, 6.07) is 11.5. The quantitative estimate of drug-likeness (QED) is 0.0475. The molecule has 1 N–H and O–H groups in total. The van der Waals surface area contributed by atoms with Crippen LogP contribution in [0, 0.1) is 7.14 Å². The van der Waals surface area contributed by atoms with E-state index in [2.05, 4.69) is 55.4 Å². The van der Waals surface area contributed by atoms with Gasteiger partial charge in [-0.05, 0) is 128 Å². The number of likely N-dealkylation sites (tertiary alicyclic amines) is 1. The zero-order valence-electron chi connectivity index (χ0n) is 30.0. The lowest BCUT2D eigenvalue weighted by molar-refractivity contribution is -0.121. The minimum atomic E-state index is -0.0778. The number of furan rings is 1. The molecule has 3 aromatic rings. The molecule has 1 saturated heterocycles. The molecule has 2 aromatic carbocycles. The van der Waals surface area contributed by atoms with E-state index in [0.717, 1.165) is 50.5 Å². The zero-order valence-corrected chi connectivity index (χ0v) is 34.3. The van der Waals surface area contributed by atoms with Crippen LogP contribution in [0.5, 0.6) is 5.75 Å². The predicted octanol–water partition coefficient (Wildman–Crippen LogP) is 7.43. The van der Waals surface area contributed by atoms with Gasteiger partial charge in [-0.15, -0.1) is 0 Å². The molecule has 10 nitrogen and oxygen atoms in total. The van der Waals surface area contributed by atoms with Gasteiger partial charge in [0.05, 0.1) is 59.0 Å². The Bertz CT molecular complexity index is 1450. The van der Waals surface area contributed by atoms with Crippen LogP contribution in [0.15, 0.2) is 40.8 Å². The van der Waals surface area contributed by atoms with Crippen LogP contribution >= 0.6 is 45.2 Å². The van der Waals surface area contributed by atoms with Gasteiger partial charge in [0.25, 0.3) is 0 Å². The maximum atomic E-state index is 14.0. The zero-order chi connectivity index (χ0) is 36.1. The van der Waals surface area contributed by atoms with Gasteiger partial charge in [0.1, 0.15) is 17.1 Å². The summed E-state index contributed by atoms with van der Waals surface area (Å²) in [7, 11) is 0. The van der Waals surface area contributed by atoms with Crippen LogP contribution in [0.1, 0.15) is 80.0 Å². The number of benzene rings is 2. The van der Waals surface area contributed by atoms with Crippen molar-refractivity contribution in [1.29, 1.82) is 0 Å². The van der Waals surface area contributed by atoms with E-state index >= 15 is 0 Å². The average Bonchev–Trinajstić information content (AvgIpc) is 3.78. The van der Waals surface area contributed by atoms with E-state index in [0.29, 0.717) is 108 Å². The molecule has 0 saturated carbocycles. The van der Waals surface area contributed by atoms with E-state index in [9.17, 15) is 9.59 Å². The molecule has 12 heteroatoms. The summed E-state index contributed by atoms with van der Waals surface area (Å²) in [4.78, 5) is 29.1. The third-order valence-electron chi connectivity index (χ3n) is 8.64. The number of ketones is 1. The van der Waals surface area contributed by atoms with Gasteiger partial charge in [0.15, 0.2) is 5.78 Å². The number of unbranched alkanes of at least 4 members (excludes halogenated alkanes) is 2. The van der Waals surface area contributed by atoms with Crippen molar-refractivity contribution in [1.82, 2.24) is 10.2 Å². The van der Waals surface area contributed by atoms with Crippen molar-refractivity contribution >= 4 is 67.8 Å². The maximum Gasteiger partial charge on any atom is 0.220 e. The van der Waals surface area contributed by atoms with Crippen molar-refractivity contribution < 1.29 is 37.7 Å². The number of nitrogens with one attached hydrogen (secondary N) is 1. The molecular formula is C39H54I2N2O8. The summed E-state index contributed by atoms with van der Waals surface area (Å²) in [5.74, 6) is 1.39. The molecular weight excluding hydrogens is 878 g/mol. The van der Waals surface area contributed by atoms with Gasteiger partial charge in [-0.2, -0.15) is 0 Å². The van der Waals surface area contributed by atoms with Crippen molar-refractivity contribution in [2.24, 2.45) is 0 Å². The van der Waals surface area contributed by atoms with Crippen molar-refractivity contribution in [3.8, 4) is 5.75 Å². The highest BCUT2D eigenvalue weighted by atomic mass is 127. The molecule has 0 aliphatic carbocycles. The average molecular weight is 933 g/mol. The molecule has 2 heterocycles. The van der Waals surface area contributed by atoms with Crippen LogP contribution in [0.3, 0.4) is 0 Å². The fraction of sp³-hybridized carbons (Fsp3) is 0.590. The number of nitrogens with zero attached hydrogens (tertiary/aromatic N) is 1. The number of para-hydroxylation sites is 1. The first-order chi connectivity index (χ1) is 25.0. The van der Waals surface area contributed by atoms with Gasteiger partial charge < -0.3 is 38.3 Å². The summed E-state index contributed by atoms with van der Waals surface area (Å²) < 4.78 is 36.0. The first kappa shape index (κ1) is 41.9. The second-order valence-electron chi connectivity index (χ2n) is 12.5. The predicted molar refractivity (Wildman–Crippen MR) is 216 cm³/mol. The van der Waals surface area contributed by atoms with Gasteiger partial charge in [0, 0.05) is 50.1 Å². The SMILES string of the molecule is CCOCCOCCOCCOCCCCCNC(=O)CCCc1oc2ccccc2c1C(=O)c1cc(I)c(OCCCN2CCCC2)c(I)c1. The number of carbonyl (C=O) groups excluding carboxylic acids is 2. The normalized spacial score (nSPS) is 13.3. The van der Waals surface area contributed by atoms with Crippen LogP contribution in [-0.4, -0.2) is 102 Å². The Hall–Kier alpha value is -1.82. The monoisotopic (exact) mass is 932 g/mol. The molecule has 1 amide bonds. The number of carbonyl (C=O) groups is 2. The highest BCUT2D eigenvalue weighted by molar-refractivity contribution is 14.1. The summed E-state index contributed by atoms with van der Waals surface area (Å²) in [6.07, 6.45) is 7.82. The largest absolute Gasteiger partial charge is 0.491 e. The highest BCUT2D eigenvalue weighted by Gasteiger charge is 2.24. The fourth-order valence-electron chi connectivity index (χ4n) is 6.00. The summed E-state index contributed by atoms with van der Waals surface area (Å²) >= 11 is 4.53. The lowest BCUT2D eigenvalue weighted by Crippen LogP contribution is -2.24. The second-order valence-corrected chi connectivity index (χ2v) is 14.9. The van der Waals surface area contributed by atoms with Gasteiger partial charge in [-0.1, -0.05) is 18.2 Å². The number of ether oxygens (including phenoxy) is 5. The number of aryl methyl sites for hydroxylation is 1. The Balaban J connectivity index is 1.14. The molecule has 1 aromatic heterocycles. The maximum absolute atomic E-state index is 14.0. The number of fused-ring (bicyclic) bond motifs is 1. The van der Waals surface area contributed by atoms with Crippen molar-refractivity contribution in [2.45, 2.75) is 64.7 Å². The van der Waals surface area contributed by atoms with Gasteiger partial charge in [-0.25, -0.2) is 0 Å². The molecule has 0 bridgehead atoms. The van der Waals surface area contributed by atoms with Crippen molar-refractivity contribution in [3.63, 3.8) is 0 Å². The Kier molecular flexibility index (Phi) is 20.1. The Labute approximate surface area is 330 Å². The van der Waals surface area contributed by atoms with Crippen LogP contribution in [0.4, 0.5) is 0 Å². The van der Waals surface area contributed by atoms with Crippen LogP contribution < -0.4 is 10.1 Å². The Morgan fingerprint density at radius 2 is 1.47 bits per heavy atom. The molecule has 1 aliphatic heterocycles. The molecule has 0 atom stereocenters. The van der Waals surface area contributed by atoms with E-state index in [4.69, 9.17) is 28.1 Å². The lowest BCUT2D eigenvalue weighted by atomic mass is 9.98. The number of amides is 1. The number of halogens is 2. The summed E-state index contributed by atoms with van der Waals surface area (Å²) in [6.45, 7) is 11.5. The smallest absolute Gasteiger partial charge is 0.220 e. The van der Waals surface area contributed by atoms with E-state index in [1.54, 1.807) is 0 Å².